The van der Waals surface area contributed by atoms with Crippen molar-refractivity contribution >= 4 is 5.69 Å². The molecular weight excluding hydrogens is 553 g/mol. The molecule has 35 heavy (non-hydrogen) atoms. The van der Waals surface area contributed by atoms with E-state index in [-0.39, 0.29) is 24.3 Å². The molecule has 0 radical (unpaired) electrons. The second kappa shape index (κ2) is 8.14. The van der Waals surface area contributed by atoms with Crippen LogP contribution < -0.4 is 4.74 Å². The Morgan fingerprint density at radius 1 is 0.543 bits per heavy atom. The number of non-ortho nitro benzene ring substituents is 1. The first-order chi connectivity index (χ1) is 15.1. The summed E-state index contributed by atoms with van der Waals surface area (Å²) in [5.41, 5.74) is -0.975. The minimum atomic E-state index is -8.74. The Kier molecular flexibility index (Phi) is 7.03. The monoisotopic (exact) mass is 557 g/mol. The first-order valence-corrected chi connectivity index (χ1v) is 7.78. The van der Waals surface area contributed by atoms with E-state index in [9.17, 15) is 84.8 Å². The minimum Gasteiger partial charge on any atom is -0.428 e. The fourth-order valence-corrected chi connectivity index (χ4v) is 2.00. The van der Waals surface area contributed by atoms with Gasteiger partial charge in [0.25, 0.3) is 5.69 Å². The molecule has 0 aliphatic heterocycles. The molecule has 0 saturated heterocycles. The highest BCUT2D eigenvalue weighted by molar-refractivity contribution is 5.36. The van der Waals surface area contributed by atoms with Crippen molar-refractivity contribution in [2.24, 2.45) is 0 Å². The average molecular weight is 557 g/mol. The van der Waals surface area contributed by atoms with Crippen LogP contribution in [0.3, 0.4) is 0 Å². The molecule has 0 heterocycles. The van der Waals surface area contributed by atoms with Gasteiger partial charge >= 0.3 is 47.8 Å². The van der Waals surface area contributed by atoms with Crippen molar-refractivity contribution < 1.29 is 84.3 Å². The third-order valence-corrected chi connectivity index (χ3v) is 3.99. The van der Waals surface area contributed by atoms with Crippen molar-refractivity contribution in [1.82, 2.24) is 0 Å². The fraction of sp³-hybridized carbons (Fsp3) is 0.571. The molecule has 0 aliphatic rings. The van der Waals surface area contributed by atoms with E-state index >= 15 is 0 Å². The molecule has 4 nitrogen and oxygen atoms in total. The molecule has 1 aromatic carbocycles. The van der Waals surface area contributed by atoms with E-state index in [4.69, 9.17) is 0 Å². The minimum absolute atomic E-state index is 0.0367. The highest BCUT2D eigenvalue weighted by Gasteiger charge is 2.95. The van der Waals surface area contributed by atoms with E-state index in [1.807, 2.05) is 0 Å². The zero-order valence-corrected chi connectivity index (χ0v) is 15.4. The van der Waals surface area contributed by atoms with E-state index in [1.165, 1.54) is 0 Å². The first-order valence-electron chi connectivity index (χ1n) is 7.78. The van der Waals surface area contributed by atoms with Crippen LogP contribution in [0.15, 0.2) is 24.3 Å². The van der Waals surface area contributed by atoms with Gasteiger partial charge in [-0.1, -0.05) is 0 Å². The zero-order valence-electron chi connectivity index (χ0n) is 15.4. The summed E-state index contributed by atoms with van der Waals surface area (Å²) < 4.78 is 226. The summed E-state index contributed by atoms with van der Waals surface area (Å²) >= 11 is 0. The SMILES string of the molecule is O=[N+]([O-])c1ccc(OC(F)(F)C(F)(F)C(F)(F)C(F)(F)C(F)(F)C(F)(F)C(F)(F)C(F)(F)F)cc1. The third kappa shape index (κ3) is 4.25. The van der Waals surface area contributed by atoms with Crippen LogP contribution in [0.5, 0.6) is 5.75 Å². The second-order valence-corrected chi connectivity index (χ2v) is 6.31. The molecule has 0 atom stereocenters. The van der Waals surface area contributed by atoms with Gasteiger partial charge in [-0.05, 0) is 12.1 Å². The van der Waals surface area contributed by atoms with Crippen LogP contribution in [0.25, 0.3) is 0 Å². The van der Waals surface area contributed by atoms with Crippen molar-refractivity contribution in [1.29, 1.82) is 0 Å². The summed E-state index contributed by atoms with van der Waals surface area (Å²) in [5.74, 6) is -52.6. The van der Waals surface area contributed by atoms with Crippen LogP contribution in [-0.4, -0.2) is 52.7 Å². The number of alkyl halides is 17. The number of rotatable bonds is 9. The summed E-state index contributed by atoms with van der Waals surface area (Å²) in [6, 6.07) is 0.296. The van der Waals surface area contributed by atoms with E-state index in [0.717, 1.165) is 0 Å². The maximum atomic E-state index is 13.6. The number of benzene rings is 1. The summed E-state index contributed by atoms with van der Waals surface area (Å²) in [6.45, 7) is 0. The fourth-order valence-electron chi connectivity index (χ4n) is 2.00. The molecule has 0 amide bonds. The van der Waals surface area contributed by atoms with E-state index in [0.29, 0.717) is 0 Å². The van der Waals surface area contributed by atoms with Gasteiger partial charge in [0.05, 0.1) is 4.92 Å². The van der Waals surface area contributed by atoms with Crippen molar-refractivity contribution in [3.8, 4) is 5.75 Å². The standard InChI is InChI=1S/C14H4F17NO3/c15-7(16,9(19,20)11(23,24)13(27,28)29)8(17,18)10(21,22)12(25,26)14(30,31)35-6-3-1-5(2-4-6)32(33)34/h1-4H. The van der Waals surface area contributed by atoms with Gasteiger partial charge in [-0.2, -0.15) is 74.6 Å². The largest absolute Gasteiger partial charge is 0.471 e. The molecule has 0 fully saturated rings. The highest BCUT2D eigenvalue weighted by Crippen LogP contribution is 2.64. The molecule has 0 N–H and O–H groups in total. The molecule has 0 spiro atoms. The predicted octanol–water partition coefficient (Wildman–Crippen LogP) is 6.94. The number of nitrogens with zero attached hydrogens (tertiary/aromatic N) is 1. The summed E-state index contributed by atoms with van der Waals surface area (Å²) in [6.07, 6.45) is -14.9. The molecule has 21 heteroatoms. The second-order valence-electron chi connectivity index (χ2n) is 6.31. The smallest absolute Gasteiger partial charge is 0.428 e. The summed E-state index contributed by atoms with van der Waals surface area (Å²) in [5, 5.41) is 10.4. The van der Waals surface area contributed by atoms with Crippen molar-refractivity contribution in [3.63, 3.8) is 0 Å². The molecule has 0 aromatic heterocycles. The van der Waals surface area contributed by atoms with Gasteiger partial charge in [-0.3, -0.25) is 10.1 Å². The van der Waals surface area contributed by atoms with Crippen LogP contribution in [0.4, 0.5) is 80.3 Å². The molecule has 1 aromatic rings. The van der Waals surface area contributed by atoms with E-state index in [2.05, 4.69) is 4.74 Å². The Balaban J connectivity index is 3.55. The van der Waals surface area contributed by atoms with Crippen LogP contribution in [0.2, 0.25) is 0 Å². The Morgan fingerprint density at radius 3 is 1.17 bits per heavy atom. The van der Waals surface area contributed by atoms with Gasteiger partial charge in [0, 0.05) is 12.1 Å². The number of hydrogen-bond donors (Lipinski definition) is 0. The van der Waals surface area contributed by atoms with Gasteiger partial charge in [-0.15, -0.1) is 0 Å². The third-order valence-electron chi connectivity index (χ3n) is 3.99. The Bertz CT molecular complexity index is 938. The quantitative estimate of drug-likeness (QED) is 0.188. The number of halogens is 17. The Hall–Kier alpha value is -2.77. The molecular formula is C14H4F17NO3. The topological polar surface area (TPSA) is 52.4 Å². The lowest BCUT2D eigenvalue weighted by Crippen LogP contribution is -2.74. The van der Waals surface area contributed by atoms with Gasteiger partial charge < -0.3 is 4.74 Å². The predicted molar refractivity (Wildman–Crippen MR) is 74.4 cm³/mol. The molecule has 0 bridgehead atoms. The van der Waals surface area contributed by atoms with Gasteiger partial charge in [0.2, 0.25) is 0 Å². The lowest BCUT2D eigenvalue weighted by molar-refractivity contribution is -0.471. The molecule has 202 valence electrons. The van der Waals surface area contributed by atoms with Crippen molar-refractivity contribution in [2.45, 2.75) is 47.8 Å². The van der Waals surface area contributed by atoms with Gasteiger partial charge in [0.15, 0.2) is 0 Å². The Labute approximate surface area is 179 Å². The van der Waals surface area contributed by atoms with Crippen molar-refractivity contribution in [3.05, 3.63) is 34.4 Å². The zero-order chi connectivity index (χ0) is 28.3. The van der Waals surface area contributed by atoms with E-state index < -0.39 is 64.2 Å². The summed E-state index contributed by atoms with van der Waals surface area (Å²) in [7, 11) is 0. The molecule has 0 unspecified atom stereocenters. The van der Waals surface area contributed by atoms with Crippen LogP contribution >= 0.6 is 0 Å². The maximum Gasteiger partial charge on any atom is 0.471 e. The normalized spacial score (nSPS) is 15.2. The number of nitro benzene ring substituents is 1. The average Bonchev–Trinajstić information content (AvgIpc) is 2.66. The highest BCUT2D eigenvalue weighted by atomic mass is 19.4. The maximum absolute atomic E-state index is 13.6. The Morgan fingerprint density at radius 2 is 0.857 bits per heavy atom. The van der Waals surface area contributed by atoms with Crippen LogP contribution in [0.1, 0.15) is 0 Å². The lowest BCUT2D eigenvalue weighted by atomic mass is 9.90. The van der Waals surface area contributed by atoms with Gasteiger partial charge in [-0.25, -0.2) is 0 Å². The summed E-state index contributed by atoms with van der Waals surface area (Å²) in [4.78, 5) is 9.13. The first kappa shape index (κ1) is 30.3. The number of nitro groups is 1. The number of ether oxygens (including phenoxy) is 1. The molecule has 0 aliphatic carbocycles. The molecule has 0 saturated carbocycles. The number of hydrogen-bond acceptors (Lipinski definition) is 3. The van der Waals surface area contributed by atoms with Crippen LogP contribution in [-0.2, 0) is 0 Å². The van der Waals surface area contributed by atoms with Crippen molar-refractivity contribution in [2.75, 3.05) is 0 Å². The van der Waals surface area contributed by atoms with Gasteiger partial charge in [0.1, 0.15) is 5.75 Å². The van der Waals surface area contributed by atoms with Crippen LogP contribution in [0, 0.1) is 10.1 Å². The lowest BCUT2D eigenvalue weighted by Gasteiger charge is -2.42. The molecule has 1 rings (SSSR count). The van der Waals surface area contributed by atoms with E-state index in [1.54, 1.807) is 0 Å².